The van der Waals surface area contributed by atoms with Crippen LogP contribution in [0.5, 0.6) is 11.5 Å². The van der Waals surface area contributed by atoms with Crippen LogP contribution in [-0.4, -0.2) is 10.2 Å². The lowest BCUT2D eigenvalue weighted by molar-refractivity contribution is -0.0806. The zero-order valence-corrected chi connectivity index (χ0v) is 13.8. The van der Waals surface area contributed by atoms with Crippen molar-refractivity contribution in [3.05, 3.63) is 59.7 Å². The number of phenolic OH excluding ortho intramolecular Hbond substituents is 2. The highest BCUT2D eigenvalue weighted by Crippen LogP contribution is 2.51. The smallest absolute Gasteiger partial charge is 0.507 e. The first-order valence-corrected chi connectivity index (χ1v) is 8.91. The van der Waals surface area contributed by atoms with Crippen molar-refractivity contribution in [3.63, 3.8) is 0 Å². The third-order valence-corrected chi connectivity index (χ3v) is 4.56. The molecule has 2 N–H and O–H groups in total. The molecule has 1 aliphatic heterocycles. The van der Waals surface area contributed by atoms with Crippen LogP contribution in [0.25, 0.3) is 0 Å². The van der Waals surface area contributed by atoms with Crippen molar-refractivity contribution < 1.29 is 37.4 Å². The van der Waals surface area contributed by atoms with Crippen molar-refractivity contribution >= 4 is 16.5 Å². The summed E-state index contributed by atoms with van der Waals surface area (Å²) in [6, 6.07) is 12.0. The molecule has 0 aliphatic carbocycles. The minimum absolute atomic E-state index is 0.123. The van der Waals surface area contributed by atoms with Crippen LogP contribution in [0.15, 0.2) is 48.5 Å². The maximum absolute atomic E-state index is 12.0. The largest absolute Gasteiger partial charge is 0.703 e. The van der Waals surface area contributed by atoms with Gasteiger partial charge in [-0.2, -0.15) is 0 Å². The molecule has 0 saturated carbocycles. The van der Waals surface area contributed by atoms with Crippen LogP contribution in [0.1, 0.15) is 23.7 Å². The molecule has 24 heavy (non-hydrogen) atoms. The molecule has 10 heteroatoms. The van der Waals surface area contributed by atoms with E-state index in [0.717, 1.165) is 0 Å². The average Bonchev–Trinajstić information content (AvgIpc) is 2.53. The molecule has 0 aromatic heterocycles. The Morgan fingerprint density at radius 2 is 1.00 bits per heavy atom. The van der Waals surface area contributed by atoms with Gasteiger partial charge in [0.1, 0.15) is 11.5 Å². The van der Waals surface area contributed by atoms with Crippen LogP contribution in [0.2, 0.25) is 0 Å². The Morgan fingerprint density at radius 3 is 1.33 bits per heavy atom. The number of rotatable bonds is 2. The van der Waals surface area contributed by atoms with Crippen LogP contribution in [0.3, 0.4) is 0 Å². The monoisotopic (exact) mass is 370 g/mol. The predicted molar refractivity (Wildman–Crippen MR) is 81.2 cm³/mol. The summed E-state index contributed by atoms with van der Waals surface area (Å²) in [5.74, 6) is -0.376. The second-order valence-corrected chi connectivity index (χ2v) is 6.39. The Hall–Kier alpha value is -1.92. The molecule has 1 saturated heterocycles. The summed E-state index contributed by atoms with van der Waals surface area (Å²) in [6.07, 6.45) is -2.80. The van der Waals surface area contributed by atoms with Crippen LogP contribution in [0.4, 0.5) is 0 Å². The summed E-state index contributed by atoms with van der Waals surface area (Å²) in [5.41, 5.74) is 0.245. The van der Waals surface area contributed by atoms with Crippen molar-refractivity contribution in [1.82, 2.24) is 0 Å². The average molecular weight is 370 g/mol. The van der Waals surface area contributed by atoms with E-state index in [0.29, 0.717) is 0 Å². The molecule has 0 spiro atoms. The Balaban J connectivity index is 1.84. The molecule has 2 aromatic carbocycles. The van der Waals surface area contributed by atoms with E-state index in [1.807, 2.05) is 0 Å². The Kier molecular flexibility index (Phi) is 5.16. The number of benzene rings is 2. The SMILES string of the molecule is O=[P+]1OC(c2ccccc2O)O[P+](=O)OC(c2ccccc2O)O1. The standard InChI is InChI=1S/C14H10O8P2/c15-11-7-3-1-5-9(11)13-19-23(17)21-14(22-24(18)20-13)10-6-2-4-8-12(10)16/h1-8,13-14H/p+2. The molecule has 0 radical (unpaired) electrons. The molecule has 0 atom stereocenters. The van der Waals surface area contributed by atoms with E-state index in [1.54, 1.807) is 24.3 Å². The van der Waals surface area contributed by atoms with Gasteiger partial charge in [-0.05, 0) is 24.3 Å². The quantitative estimate of drug-likeness (QED) is 0.757. The Bertz CT molecular complexity index is 699. The minimum Gasteiger partial charge on any atom is -0.507 e. The van der Waals surface area contributed by atoms with Gasteiger partial charge in [-0.25, -0.2) is 0 Å². The Morgan fingerprint density at radius 1 is 0.667 bits per heavy atom. The molecule has 2 aromatic rings. The first-order valence-electron chi connectivity index (χ1n) is 6.72. The van der Waals surface area contributed by atoms with Crippen molar-refractivity contribution in [2.24, 2.45) is 0 Å². The van der Waals surface area contributed by atoms with Gasteiger partial charge in [-0.1, -0.05) is 42.4 Å². The van der Waals surface area contributed by atoms with Gasteiger partial charge in [-0.15, -0.1) is 0 Å². The van der Waals surface area contributed by atoms with Gasteiger partial charge in [0.15, 0.2) is 0 Å². The third-order valence-electron chi connectivity index (χ3n) is 3.11. The summed E-state index contributed by atoms with van der Waals surface area (Å²) in [7, 11) is -5.51. The second-order valence-electron chi connectivity index (χ2n) is 4.65. The van der Waals surface area contributed by atoms with E-state index in [2.05, 4.69) is 0 Å². The van der Waals surface area contributed by atoms with Gasteiger partial charge >= 0.3 is 16.5 Å². The van der Waals surface area contributed by atoms with E-state index in [4.69, 9.17) is 18.1 Å². The number of phenols is 2. The molecule has 124 valence electrons. The molecule has 1 fully saturated rings. The normalized spacial score (nSPS) is 25.0. The number of para-hydroxylation sites is 2. The third kappa shape index (κ3) is 3.76. The summed E-state index contributed by atoms with van der Waals surface area (Å²) in [5, 5.41) is 19.6. The fourth-order valence-electron chi connectivity index (χ4n) is 2.00. The lowest BCUT2D eigenvalue weighted by Gasteiger charge is -2.12. The van der Waals surface area contributed by atoms with Gasteiger partial charge < -0.3 is 10.2 Å². The maximum Gasteiger partial charge on any atom is 0.703 e. The highest BCUT2D eigenvalue weighted by atomic mass is 31.1. The molecule has 3 rings (SSSR count). The highest BCUT2D eigenvalue weighted by Gasteiger charge is 2.48. The summed E-state index contributed by atoms with van der Waals surface area (Å²) in [4.78, 5) is 0. The fraction of sp³-hybridized carbons (Fsp3) is 0.143. The van der Waals surface area contributed by atoms with E-state index in [-0.39, 0.29) is 22.6 Å². The molecular formula is C14H12O8P2+2. The predicted octanol–water partition coefficient (Wildman–Crippen LogP) is 4.19. The lowest BCUT2D eigenvalue weighted by Crippen LogP contribution is -2.10. The van der Waals surface area contributed by atoms with Crippen LogP contribution < -0.4 is 0 Å². The van der Waals surface area contributed by atoms with Crippen molar-refractivity contribution in [3.8, 4) is 11.5 Å². The van der Waals surface area contributed by atoms with Gasteiger partial charge in [-0.3, -0.25) is 0 Å². The summed E-state index contributed by atoms with van der Waals surface area (Å²) >= 11 is 0. The lowest BCUT2D eigenvalue weighted by atomic mass is 10.2. The number of hydrogen-bond acceptors (Lipinski definition) is 8. The van der Waals surface area contributed by atoms with E-state index in [1.165, 1.54) is 24.3 Å². The first-order chi connectivity index (χ1) is 11.5. The molecule has 1 heterocycles. The highest BCUT2D eigenvalue weighted by molar-refractivity contribution is 7.34. The minimum atomic E-state index is -2.76. The van der Waals surface area contributed by atoms with Gasteiger partial charge in [0.05, 0.1) is 11.1 Å². The Labute approximate surface area is 138 Å². The number of hydrogen-bond donors (Lipinski definition) is 2. The van der Waals surface area contributed by atoms with E-state index in [9.17, 15) is 19.3 Å². The fourth-order valence-corrected chi connectivity index (χ4v) is 3.49. The molecule has 0 bridgehead atoms. The van der Waals surface area contributed by atoms with Gasteiger partial charge in [0.25, 0.3) is 12.6 Å². The van der Waals surface area contributed by atoms with E-state index >= 15 is 0 Å². The van der Waals surface area contributed by atoms with Crippen LogP contribution in [-0.2, 0) is 27.2 Å². The van der Waals surface area contributed by atoms with Crippen molar-refractivity contribution in [1.29, 1.82) is 0 Å². The van der Waals surface area contributed by atoms with Crippen molar-refractivity contribution in [2.45, 2.75) is 12.6 Å². The molecule has 1 aliphatic rings. The summed E-state index contributed by atoms with van der Waals surface area (Å²) in [6.45, 7) is 0. The molecule has 0 unspecified atom stereocenters. The number of aromatic hydroxyl groups is 2. The van der Waals surface area contributed by atoms with Gasteiger partial charge in [0.2, 0.25) is 0 Å². The maximum atomic E-state index is 12.0. The molecule has 8 nitrogen and oxygen atoms in total. The van der Waals surface area contributed by atoms with Gasteiger partial charge in [0, 0.05) is 9.13 Å². The van der Waals surface area contributed by atoms with Crippen LogP contribution in [0, 0.1) is 0 Å². The summed E-state index contributed by atoms with van der Waals surface area (Å²) < 4.78 is 44.4. The zero-order chi connectivity index (χ0) is 17.1. The topological polar surface area (TPSA) is 112 Å². The van der Waals surface area contributed by atoms with Crippen molar-refractivity contribution in [2.75, 3.05) is 0 Å². The second kappa shape index (κ2) is 7.32. The molecule has 0 amide bonds. The molecular weight excluding hydrogens is 358 g/mol. The first kappa shape index (κ1) is 16.9. The van der Waals surface area contributed by atoms with Crippen LogP contribution >= 0.6 is 16.5 Å². The van der Waals surface area contributed by atoms with E-state index < -0.39 is 29.1 Å². The zero-order valence-electron chi connectivity index (χ0n) is 12.0.